The molecule has 2 heterocycles. The molecule has 27 heavy (non-hydrogen) atoms. The number of pyridine rings is 1. The van der Waals surface area contributed by atoms with Gasteiger partial charge in [-0.15, -0.1) is 0 Å². The first-order chi connectivity index (χ1) is 13.3. The standard InChI is InChI=1S/C22H18N4S/c1-23-14-8-10-15(11-9-14)25-18-13-20-22(21-16(18)5-4-12-24-21)26-17-6-2-3-7-19(17)27-20/h2-13,23,25-26H,1H3. The molecule has 0 fully saturated rings. The summed E-state index contributed by atoms with van der Waals surface area (Å²) in [5.74, 6) is 0. The highest BCUT2D eigenvalue weighted by atomic mass is 32.2. The van der Waals surface area contributed by atoms with Crippen LogP contribution in [0, 0.1) is 0 Å². The van der Waals surface area contributed by atoms with Gasteiger partial charge in [-0.3, -0.25) is 4.98 Å². The number of hydrogen-bond acceptors (Lipinski definition) is 5. The second-order valence-corrected chi connectivity index (χ2v) is 7.46. The van der Waals surface area contributed by atoms with Gasteiger partial charge in [-0.1, -0.05) is 23.9 Å². The molecule has 0 amide bonds. The topological polar surface area (TPSA) is 49.0 Å². The van der Waals surface area contributed by atoms with E-state index in [0.717, 1.165) is 39.3 Å². The Morgan fingerprint density at radius 1 is 0.889 bits per heavy atom. The van der Waals surface area contributed by atoms with Crippen LogP contribution in [0.4, 0.5) is 28.4 Å². The van der Waals surface area contributed by atoms with E-state index in [0.29, 0.717) is 0 Å². The van der Waals surface area contributed by atoms with Crippen LogP contribution in [-0.4, -0.2) is 12.0 Å². The van der Waals surface area contributed by atoms with E-state index in [9.17, 15) is 0 Å². The third-order valence-corrected chi connectivity index (χ3v) is 5.79. The lowest BCUT2D eigenvalue weighted by molar-refractivity contribution is 1.30. The molecule has 1 aromatic heterocycles. The molecule has 0 unspecified atom stereocenters. The van der Waals surface area contributed by atoms with Crippen molar-refractivity contribution < 1.29 is 0 Å². The second-order valence-electron chi connectivity index (χ2n) is 6.37. The molecule has 4 nitrogen and oxygen atoms in total. The Kier molecular flexibility index (Phi) is 3.87. The molecule has 0 spiro atoms. The minimum atomic E-state index is 0.978. The fourth-order valence-electron chi connectivity index (χ4n) is 3.31. The molecule has 0 atom stereocenters. The van der Waals surface area contributed by atoms with Crippen LogP contribution in [0.3, 0.4) is 0 Å². The van der Waals surface area contributed by atoms with Crippen molar-refractivity contribution in [3.05, 3.63) is 72.9 Å². The SMILES string of the molecule is CNc1ccc(Nc2cc3c(c4ncccc24)Nc2ccccc2S3)cc1. The summed E-state index contributed by atoms with van der Waals surface area (Å²) in [5, 5.41) is 11.4. The molecule has 5 rings (SSSR count). The number of aromatic nitrogens is 1. The largest absolute Gasteiger partial charge is 0.388 e. The molecule has 0 saturated heterocycles. The zero-order valence-electron chi connectivity index (χ0n) is 14.8. The van der Waals surface area contributed by atoms with Gasteiger partial charge >= 0.3 is 0 Å². The molecule has 0 aliphatic carbocycles. The highest BCUT2D eigenvalue weighted by Crippen LogP contribution is 2.48. The van der Waals surface area contributed by atoms with Crippen LogP contribution in [0.1, 0.15) is 0 Å². The number of rotatable bonds is 3. The van der Waals surface area contributed by atoms with Gasteiger partial charge in [0, 0.05) is 45.5 Å². The van der Waals surface area contributed by atoms with E-state index >= 15 is 0 Å². The van der Waals surface area contributed by atoms with Crippen LogP contribution in [0.15, 0.2) is 82.7 Å². The van der Waals surface area contributed by atoms with Crippen molar-refractivity contribution in [3.8, 4) is 0 Å². The maximum atomic E-state index is 4.67. The number of anilines is 5. The van der Waals surface area contributed by atoms with Gasteiger partial charge in [0.15, 0.2) is 0 Å². The van der Waals surface area contributed by atoms with E-state index in [1.54, 1.807) is 11.8 Å². The van der Waals surface area contributed by atoms with Gasteiger partial charge in [0.1, 0.15) is 0 Å². The van der Waals surface area contributed by atoms with E-state index < -0.39 is 0 Å². The van der Waals surface area contributed by atoms with E-state index in [-0.39, 0.29) is 0 Å². The lowest BCUT2D eigenvalue weighted by Crippen LogP contribution is -2.03. The number of nitrogens with one attached hydrogen (secondary N) is 3. The molecule has 1 aliphatic rings. The Labute approximate surface area is 162 Å². The Morgan fingerprint density at radius 3 is 2.56 bits per heavy atom. The van der Waals surface area contributed by atoms with Crippen LogP contribution in [0.25, 0.3) is 10.9 Å². The summed E-state index contributed by atoms with van der Waals surface area (Å²) in [6.07, 6.45) is 1.85. The molecule has 132 valence electrons. The van der Waals surface area contributed by atoms with Crippen molar-refractivity contribution in [3.63, 3.8) is 0 Å². The molecular formula is C22H18N4S. The second kappa shape index (κ2) is 6.52. The van der Waals surface area contributed by atoms with Crippen LogP contribution in [0.2, 0.25) is 0 Å². The van der Waals surface area contributed by atoms with E-state index in [2.05, 4.69) is 81.6 Å². The first kappa shape index (κ1) is 16.0. The summed E-state index contributed by atoms with van der Waals surface area (Å²) >= 11 is 1.78. The zero-order valence-corrected chi connectivity index (χ0v) is 15.6. The molecule has 0 radical (unpaired) electrons. The van der Waals surface area contributed by atoms with E-state index in [1.807, 2.05) is 19.3 Å². The van der Waals surface area contributed by atoms with Crippen LogP contribution < -0.4 is 16.0 Å². The molecule has 5 heteroatoms. The average molecular weight is 370 g/mol. The summed E-state index contributed by atoms with van der Waals surface area (Å²) in [6, 6.07) is 23.0. The summed E-state index contributed by atoms with van der Waals surface area (Å²) in [7, 11) is 1.92. The van der Waals surface area contributed by atoms with Gasteiger partial charge in [-0.05, 0) is 54.6 Å². The summed E-state index contributed by atoms with van der Waals surface area (Å²) in [4.78, 5) is 7.07. The van der Waals surface area contributed by atoms with Crippen molar-refractivity contribution in [2.24, 2.45) is 0 Å². The highest BCUT2D eigenvalue weighted by Gasteiger charge is 2.20. The fraction of sp³-hybridized carbons (Fsp3) is 0.0455. The Bertz CT molecular complexity index is 1140. The normalized spacial score (nSPS) is 12.0. The molecule has 0 saturated carbocycles. The molecule has 3 N–H and O–H groups in total. The van der Waals surface area contributed by atoms with Crippen LogP contribution in [-0.2, 0) is 0 Å². The molecule has 4 aromatic rings. The number of nitrogens with zero attached hydrogens (tertiary/aromatic N) is 1. The first-order valence-electron chi connectivity index (χ1n) is 8.82. The highest BCUT2D eigenvalue weighted by molar-refractivity contribution is 7.99. The van der Waals surface area contributed by atoms with Crippen LogP contribution >= 0.6 is 11.8 Å². The molecule has 3 aromatic carbocycles. The number of fused-ring (bicyclic) bond motifs is 4. The van der Waals surface area contributed by atoms with Gasteiger partial charge in [-0.25, -0.2) is 0 Å². The van der Waals surface area contributed by atoms with Gasteiger partial charge in [0.25, 0.3) is 0 Å². The van der Waals surface area contributed by atoms with Crippen molar-refractivity contribution in [2.45, 2.75) is 9.79 Å². The fourth-order valence-corrected chi connectivity index (χ4v) is 4.35. The quantitative estimate of drug-likeness (QED) is 0.351. The molecule has 1 aliphatic heterocycles. The third-order valence-electron chi connectivity index (χ3n) is 4.68. The van der Waals surface area contributed by atoms with Gasteiger partial charge in [-0.2, -0.15) is 0 Å². The number of para-hydroxylation sites is 1. The predicted octanol–water partition coefficient (Wildman–Crippen LogP) is 6.23. The van der Waals surface area contributed by atoms with Gasteiger partial charge in [0.2, 0.25) is 0 Å². The first-order valence-corrected chi connectivity index (χ1v) is 9.64. The van der Waals surface area contributed by atoms with Crippen LogP contribution in [0.5, 0.6) is 0 Å². The minimum Gasteiger partial charge on any atom is -0.388 e. The Hall–Kier alpha value is -3.18. The number of benzene rings is 3. The minimum absolute atomic E-state index is 0.978. The lowest BCUT2D eigenvalue weighted by atomic mass is 10.1. The van der Waals surface area contributed by atoms with Crippen molar-refractivity contribution >= 4 is 51.1 Å². The lowest BCUT2D eigenvalue weighted by Gasteiger charge is -2.23. The Balaban J connectivity index is 1.61. The molecule has 0 bridgehead atoms. The summed E-state index contributed by atoms with van der Waals surface area (Å²) in [5.41, 5.74) is 6.38. The predicted molar refractivity (Wildman–Crippen MR) is 115 cm³/mol. The summed E-state index contributed by atoms with van der Waals surface area (Å²) in [6.45, 7) is 0. The van der Waals surface area contributed by atoms with Crippen molar-refractivity contribution in [1.82, 2.24) is 4.98 Å². The van der Waals surface area contributed by atoms with Gasteiger partial charge < -0.3 is 16.0 Å². The maximum Gasteiger partial charge on any atom is 0.0969 e. The molecular weight excluding hydrogens is 352 g/mol. The van der Waals surface area contributed by atoms with Gasteiger partial charge in [0.05, 0.1) is 16.9 Å². The maximum absolute atomic E-state index is 4.67. The Morgan fingerprint density at radius 2 is 1.70 bits per heavy atom. The smallest absolute Gasteiger partial charge is 0.0969 e. The van der Waals surface area contributed by atoms with Crippen molar-refractivity contribution in [1.29, 1.82) is 0 Å². The van der Waals surface area contributed by atoms with E-state index in [4.69, 9.17) is 0 Å². The third kappa shape index (κ3) is 2.86. The van der Waals surface area contributed by atoms with Crippen molar-refractivity contribution in [2.75, 3.05) is 23.0 Å². The summed E-state index contributed by atoms with van der Waals surface area (Å²) < 4.78 is 0. The number of hydrogen-bond donors (Lipinski definition) is 3. The monoisotopic (exact) mass is 370 g/mol. The zero-order chi connectivity index (χ0) is 18.2. The van der Waals surface area contributed by atoms with E-state index in [1.165, 1.54) is 9.79 Å². The average Bonchev–Trinajstić information content (AvgIpc) is 2.73.